The van der Waals surface area contributed by atoms with Crippen LogP contribution in [0.15, 0.2) is 59.4 Å². The predicted molar refractivity (Wildman–Crippen MR) is 117 cm³/mol. The highest BCUT2D eigenvalue weighted by atomic mass is 32.1. The molecule has 0 saturated carbocycles. The Bertz CT molecular complexity index is 1230. The molecule has 0 saturated heterocycles. The molecule has 1 aromatic carbocycles. The molecule has 150 valence electrons. The van der Waals surface area contributed by atoms with Crippen LogP contribution in [0.4, 0.5) is 10.8 Å². The number of aromatic amines is 1. The standard InChI is InChI=1S/C20H15N5O3S2/c21-17(26)14-8-12(9-22-14)15-10-30-20(24-15)25-18(27)11-3-1-4-13(7-11)23-19(28)16-5-2-6-29-16/h1-10,22H,(H2,21,26)(H,23,28)(H,24,25,27). The van der Waals surface area contributed by atoms with E-state index in [1.807, 2.05) is 5.38 Å². The third-order valence-corrected chi connectivity index (χ3v) is 5.72. The zero-order valence-corrected chi connectivity index (χ0v) is 17.0. The van der Waals surface area contributed by atoms with Gasteiger partial charge in [-0.3, -0.25) is 19.7 Å². The van der Waals surface area contributed by atoms with E-state index < -0.39 is 5.91 Å². The molecular formula is C20H15N5O3S2. The number of H-pyrrole nitrogens is 1. The van der Waals surface area contributed by atoms with E-state index >= 15 is 0 Å². The number of anilines is 2. The fourth-order valence-electron chi connectivity index (χ4n) is 2.66. The van der Waals surface area contributed by atoms with E-state index in [9.17, 15) is 14.4 Å². The number of primary amides is 1. The van der Waals surface area contributed by atoms with Crippen LogP contribution in [0.3, 0.4) is 0 Å². The van der Waals surface area contributed by atoms with Crippen LogP contribution < -0.4 is 16.4 Å². The maximum atomic E-state index is 12.6. The van der Waals surface area contributed by atoms with Crippen LogP contribution in [0, 0.1) is 0 Å². The molecule has 0 fully saturated rings. The molecule has 10 heteroatoms. The molecule has 0 bridgehead atoms. The van der Waals surface area contributed by atoms with Crippen molar-refractivity contribution in [2.45, 2.75) is 0 Å². The number of nitrogens with two attached hydrogens (primary N) is 1. The van der Waals surface area contributed by atoms with Crippen LogP contribution in [0.1, 0.15) is 30.5 Å². The molecular weight excluding hydrogens is 422 g/mol. The lowest BCUT2D eigenvalue weighted by atomic mass is 10.2. The van der Waals surface area contributed by atoms with Gasteiger partial charge in [-0.05, 0) is 35.7 Å². The number of hydrogen-bond donors (Lipinski definition) is 4. The monoisotopic (exact) mass is 437 g/mol. The zero-order chi connectivity index (χ0) is 21.1. The van der Waals surface area contributed by atoms with Gasteiger partial charge in [-0.1, -0.05) is 12.1 Å². The first-order valence-electron chi connectivity index (χ1n) is 8.70. The minimum absolute atomic E-state index is 0.228. The van der Waals surface area contributed by atoms with Crippen LogP contribution in [0.5, 0.6) is 0 Å². The highest BCUT2D eigenvalue weighted by molar-refractivity contribution is 7.14. The largest absolute Gasteiger partial charge is 0.364 e. The SMILES string of the molecule is NC(=O)c1cc(-c2csc(NC(=O)c3cccc(NC(=O)c4cccs4)c3)n2)c[nH]1. The minimum atomic E-state index is -0.559. The Labute approximate surface area is 178 Å². The molecule has 0 aliphatic carbocycles. The molecule has 3 amide bonds. The van der Waals surface area contributed by atoms with Crippen molar-refractivity contribution < 1.29 is 14.4 Å². The van der Waals surface area contributed by atoms with E-state index in [0.717, 1.165) is 0 Å². The molecule has 0 unspecified atom stereocenters. The van der Waals surface area contributed by atoms with E-state index in [1.165, 1.54) is 22.7 Å². The minimum Gasteiger partial charge on any atom is -0.364 e. The maximum absolute atomic E-state index is 12.6. The van der Waals surface area contributed by atoms with E-state index in [1.54, 1.807) is 54.0 Å². The number of hydrogen-bond acceptors (Lipinski definition) is 6. The lowest BCUT2D eigenvalue weighted by molar-refractivity contribution is 0.0993. The first kappa shape index (κ1) is 19.6. The number of carbonyl (C=O) groups excluding carboxylic acids is 3. The van der Waals surface area contributed by atoms with Crippen molar-refractivity contribution in [1.82, 2.24) is 9.97 Å². The molecule has 5 N–H and O–H groups in total. The number of thiazole rings is 1. The summed E-state index contributed by atoms with van der Waals surface area (Å²) in [6.45, 7) is 0. The number of nitrogens with one attached hydrogen (secondary N) is 3. The molecule has 30 heavy (non-hydrogen) atoms. The van der Waals surface area contributed by atoms with E-state index in [2.05, 4.69) is 20.6 Å². The second kappa shape index (κ2) is 8.31. The smallest absolute Gasteiger partial charge is 0.265 e. The van der Waals surface area contributed by atoms with Gasteiger partial charge in [0.1, 0.15) is 5.69 Å². The van der Waals surface area contributed by atoms with Crippen molar-refractivity contribution in [1.29, 1.82) is 0 Å². The summed E-state index contributed by atoms with van der Waals surface area (Å²) in [5, 5.41) is 9.51. The Morgan fingerprint density at radius 2 is 1.87 bits per heavy atom. The molecule has 4 aromatic rings. The summed E-state index contributed by atoms with van der Waals surface area (Å²) in [5.41, 5.74) is 7.73. The fourth-order valence-corrected chi connectivity index (χ4v) is 3.99. The molecule has 8 nitrogen and oxygen atoms in total. The number of thiophene rings is 1. The highest BCUT2D eigenvalue weighted by Crippen LogP contribution is 2.26. The van der Waals surface area contributed by atoms with Gasteiger partial charge in [-0.2, -0.15) is 0 Å². The molecule has 0 radical (unpaired) electrons. The average molecular weight is 438 g/mol. The van der Waals surface area contributed by atoms with Gasteiger partial charge in [0.05, 0.1) is 10.6 Å². The van der Waals surface area contributed by atoms with Crippen molar-refractivity contribution in [3.05, 3.63) is 75.6 Å². The molecule has 0 aliphatic heterocycles. The summed E-state index contributed by atoms with van der Waals surface area (Å²) in [4.78, 5) is 43.7. The van der Waals surface area contributed by atoms with Gasteiger partial charge in [-0.25, -0.2) is 4.98 Å². The van der Waals surface area contributed by atoms with E-state index in [0.29, 0.717) is 32.5 Å². The van der Waals surface area contributed by atoms with Gasteiger partial charge in [-0.15, -0.1) is 22.7 Å². The quantitative estimate of drug-likeness (QED) is 0.365. The summed E-state index contributed by atoms with van der Waals surface area (Å²) in [6.07, 6.45) is 1.63. The number of nitrogens with zero attached hydrogens (tertiary/aromatic N) is 1. The van der Waals surface area contributed by atoms with Gasteiger partial charge in [0.15, 0.2) is 5.13 Å². The predicted octanol–water partition coefficient (Wildman–Crippen LogP) is 3.80. The average Bonchev–Trinajstić information content (AvgIpc) is 3.48. The topological polar surface area (TPSA) is 130 Å². The fraction of sp³-hybridized carbons (Fsp3) is 0. The van der Waals surface area contributed by atoms with Gasteiger partial charge < -0.3 is 16.0 Å². The number of carbonyl (C=O) groups is 3. The summed E-state index contributed by atoms with van der Waals surface area (Å²) in [5.74, 6) is -1.14. The second-order valence-corrected chi connectivity index (χ2v) is 7.98. The van der Waals surface area contributed by atoms with Crippen LogP contribution >= 0.6 is 22.7 Å². The van der Waals surface area contributed by atoms with Gasteiger partial charge in [0.25, 0.3) is 17.7 Å². The number of amides is 3. The van der Waals surface area contributed by atoms with Crippen LogP contribution in [0.2, 0.25) is 0 Å². The van der Waals surface area contributed by atoms with Crippen LogP contribution in [0.25, 0.3) is 11.3 Å². The Hall–Kier alpha value is -3.76. The van der Waals surface area contributed by atoms with Gasteiger partial charge in [0.2, 0.25) is 0 Å². The summed E-state index contributed by atoms with van der Waals surface area (Å²) < 4.78 is 0. The Morgan fingerprint density at radius 1 is 1.00 bits per heavy atom. The van der Waals surface area contributed by atoms with Crippen molar-refractivity contribution in [2.24, 2.45) is 5.73 Å². The molecule has 0 spiro atoms. The molecule has 3 heterocycles. The third kappa shape index (κ3) is 4.29. The lowest BCUT2D eigenvalue weighted by Crippen LogP contribution is -2.14. The number of rotatable bonds is 6. The zero-order valence-electron chi connectivity index (χ0n) is 15.3. The van der Waals surface area contributed by atoms with Gasteiger partial charge in [0, 0.05) is 28.4 Å². The number of aromatic nitrogens is 2. The first-order chi connectivity index (χ1) is 14.5. The highest BCUT2D eigenvalue weighted by Gasteiger charge is 2.13. The first-order valence-corrected chi connectivity index (χ1v) is 10.5. The summed E-state index contributed by atoms with van der Waals surface area (Å²) >= 11 is 2.60. The summed E-state index contributed by atoms with van der Waals surface area (Å²) in [7, 11) is 0. The molecule has 4 rings (SSSR count). The van der Waals surface area contributed by atoms with Crippen molar-refractivity contribution in [2.75, 3.05) is 10.6 Å². The van der Waals surface area contributed by atoms with Crippen molar-refractivity contribution >= 4 is 51.2 Å². The molecule has 3 aromatic heterocycles. The lowest BCUT2D eigenvalue weighted by Gasteiger charge is -2.06. The van der Waals surface area contributed by atoms with Crippen molar-refractivity contribution in [3.8, 4) is 11.3 Å². The Balaban J connectivity index is 1.44. The molecule has 0 aliphatic rings. The Morgan fingerprint density at radius 3 is 2.60 bits per heavy atom. The van der Waals surface area contributed by atoms with E-state index in [4.69, 9.17) is 5.73 Å². The van der Waals surface area contributed by atoms with Gasteiger partial charge >= 0.3 is 0 Å². The molecule has 0 atom stereocenters. The van der Waals surface area contributed by atoms with Crippen molar-refractivity contribution in [3.63, 3.8) is 0 Å². The van der Waals surface area contributed by atoms with Crippen LogP contribution in [-0.2, 0) is 0 Å². The second-order valence-electron chi connectivity index (χ2n) is 6.17. The van der Waals surface area contributed by atoms with E-state index in [-0.39, 0.29) is 17.5 Å². The third-order valence-electron chi connectivity index (χ3n) is 4.10. The normalized spacial score (nSPS) is 10.5. The van der Waals surface area contributed by atoms with Crippen LogP contribution in [-0.4, -0.2) is 27.7 Å². The maximum Gasteiger partial charge on any atom is 0.265 e. The summed E-state index contributed by atoms with van der Waals surface area (Å²) in [6, 6.07) is 11.8. The Kier molecular flexibility index (Phi) is 5.42. The number of benzene rings is 1.